The Kier molecular flexibility index (Phi) is 3.01. The maximum atomic E-state index is 10.0. The fourth-order valence-electron chi connectivity index (χ4n) is 1.33. The number of hydrogen-bond donors (Lipinski definition) is 1. The number of aliphatic hydroxyl groups is 1. The minimum absolute atomic E-state index is 0.00411. The van der Waals surface area contributed by atoms with Crippen molar-refractivity contribution in [1.29, 1.82) is 0 Å². The van der Waals surface area contributed by atoms with Crippen LogP contribution in [-0.4, -0.2) is 5.11 Å². The van der Waals surface area contributed by atoms with E-state index in [-0.39, 0.29) is 10.8 Å². The van der Waals surface area contributed by atoms with Crippen LogP contribution in [0.3, 0.4) is 0 Å². The van der Waals surface area contributed by atoms with Crippen molar-refractivity contribution in [3.63, 3.8) is 0 Å². The first kappa shape index (κ1) is 12.3. The Morgan fingerprint density at radius 3 is 1.93 bits per heavy atom. The van der Waals surface area contributed by atoms with E-state index in [1.165, 1.54) is 0 Å². The van der Waals surface area contributed by atoms with E-state index >= 15 is 0 Å². The summed E-state index contributed by atoms with van der Waals surface area (Å²) in [5.74, 6) is 1.58. The monoisotopic (exact) mass is 210 g/mol. The van der Waals surface area contributed by atoms with Crippen LogP contribution in [0.25, 0.3) is 0 Å². The zero-order chi connectivity index (χ0) is 11.9. The first-order valence-corrected chi connectivity index (χ1v) is 5.40. The molecule has 1 aromatic rings. The molecule has 1 atom stereocenters. The van der Waals surface area contributed by atoms with E-state index in [2.05, 4.69) is 20.8 Å². The molecule has 1 aromatic heterocycles. The van der Waals surface area contributed by atoms with Gasteiger partial charge in [-0.3, -0.25) is 0 Å². The van der Waals surface area contributed by atoms with Gasteiger partial charge in [-0.2, -0.15) is 0 Å². The molecule has 0 spiro atoms. The molecule has 0 aliphatic carbocycles. The fourth-order valence-corrected chi connectivity index (χ4v) is 1.33. The first-order valence-electron chi connectivity index (χ1n) is 5.40. The highest BCUT2D eigenvalue weighted by Gasteiger charge is 2.28. The normalized spacial score (nSPS) is 15.4. The predicted molar refractivity (Wildman–Crippen MR) is 61.8 cm³/mol. The molecule has 0 fully saturated rings. The van der Waals surface area contributed by atoms with Crippen molar-refractivity contribution >= 4 is 0 Å². The van der Waals surface area contributed by atoms with Crippen molar-refractivity contribution in [3.05, 3.63) is 23.7 Å². The van der Waals surface area contributed by atoms with Crippen LogP contribution in [0, 0.1) is 5.41 Å². The van der Waals surface area contributed by atoms with Crippen molar-refractivity contribution in [2.45, 2.75) is 53.1 Å². The van der Waals surface area contributed by atoms with Gasteiger partial charge in [-0.15, -0.1) is 0 Å². The van der Waals surface area contributed by atoms with Crippen LogP contribution < -0.4 is 0 Å². The SMILES string of the molecule is CC(C)(C)c1ccc([C@H](O)C(C)(C)C)o1. The Balaban J connectivity index is 2.95. The van der Waals surface area contributed by atoms with E-state index in [0.29, 0.717) is 5.76 Å². The summed E-state index contributed by atoms with van der Waals surface area (Å²) in [5, 5.41) is 10.0. The Labute approximate surface area is 92.3 Å². The third kappa shape index (κ3) is 2.85. The minimum atomic E-state index is -0.548. The molecule has 2 heteroatoms. The molecular weight excluding hydrogens is 188 g/mol. The molecule has 0 aliphatic heterocycles. The van der Waals surface area contributed by atoms with Gasteiger partial charge >= 0.3 is 0 Å². The van der Waals surface area contributed by atoms with E-state index in [1.807, 2.05) is 32.9 Å². The topological polar surface area (TPSA) is 33.4 Å². The van der Waals surface area contributed by atoms with Crippen molar-refractivity contribution in [2.75, 3.05) is 0 Å². The average Bonchev–Trinajstić information content (AvgIpc) is 2.47. The van der Waals surface area contributed by atoms with E-state index in [1.54, 1.807) is 0 Å². The van der Waals surface area contributed by atoms with Crippen molar-refractivity contribution in [2.24, 2.45) is 5.41 Å². The highest BCUT2D eigenvalue weighted by atomic mass is 16.4. The molecule has 0 aromatic carbocycles. The van der Waals surface area contributed by atoms with Gasteiger partial charge in [0.05, 0.1) is 0 Å². The second-order valence-electron chi connectivity index (χ2n) is 6.22. The van der Waals surface area contributed by atoms with Crippen LogP contribution in [0.15, 0.2) is 16.5 Å². The van der Waals surface area contributed by atoms with Crippen LogP contribution in [0.2, 0.25) is 0 Å². The Morgan fingerprint density at radius 1 is 1.07 bits per heavy atom. The molecule has 1 rings (SSSR count). The van der Waals surface area contributed by atoms with Gasteiger partial charge in [0.2, 0.25) is 0 Å². The largest absolute Gasteiger partial charge is 0.463 e. The Bertz CT molecular complexity index is 323. The number of furan rings is 1. The number of rotatable bonds is 1. The Morgan fingerprint density at radius 2 is 1.60 bits per heavy atom. The molecule has 2 nitrogen and oxygen atoms in total. The summed E-state index contributed by atoms with van der Waals surface area (Å²) in [6.07, 6.45) is -0.548. The smallest absolute Gasteiger partial charge is 0.133 e. The molecule has 1 heterocycles. The van der Waals surface area contributed by atoms with E-state index in [9.17, 15) is 5.11 Å². The van der Waals surface area contributed by atoms with Gasteiger partial charge in [-0.25, -0.2) is 0 Å². The van der Waals surface area contributed by atoms with Crippen molar-refractivity contribution < 1.29 is 9.52 Å². The maximum Gasteiger partial charge on any atom is 0.133 e. The lowest BCUT2D eigenvalue weighted by Crippen LogP contribution is -2.17. The number of hydrogen-bond acceptors (Lipinski definition) is 2. The second kappa shape index (κ2) is 3.67. The maximum absolute atomic E-state index is 10.0. The molecule has 86 valence electrons. The molecule has 0 amide bonds. The van der Waals surface area contributed by atoms with Crippen LogP contribution in [0.1, 0.15) is 59.2 Å². The minimum Gasteiger partial charge on any atom is -0.463 e. The lowest BCUT2D eigenvalue weighted by molar-refractivity contribution is 0.0416. The summed E-state index contributed by atoms with van der Waals surface area (Å²) in [6.45, 7) is 12.3. The van der Waals surface area contributed by atoms with Gasteiger partial charge in [0.1, 0.15) is 17.6 Å². The average molecular weight is 210 g/mol. The summed E-state index contributed by atoms with van der Waals surface area (Å²) in [5.41, 5.74) is -0.192. The molecule has 1 N–H and O–H groups in total. The van der Waals surface area contributed by atoms with Crippen LogP contribution in [-0.2, 0) is 5.41 Å². The molecule has 0 aliphatic rings. The highest BCUT2D eigenvalue weighted by Crippen LogP contribution is 2.35. The van der Waals surface area contributed by atoms with Gasteiger partial charge < -0.3 is 9.52 Å². The van der Waals surface area contributed by atoms with Gasteiger partial charge in [0.25, 0.3) is 0 Å². The summed E-state index contributed by atoms with van der Waals surface area (Å²) in [4.78, 5) is 0. The predicted octanol–water partition coefficient (Wildman–Crippen LogP) is 3.66. The lowest BCUT2D eigenvalue weighted by Gasteiger charge is -2.24. The van der Waals surface area contributed by atoms with Gasteiger partial charge in [-0.1, -0.05) is 41.5 Å². The summed E-state index contributed by atoms with van der Waals surface area (Å²) in [7, 11) is 0. The zero-order valence-corrected chi connectivity index (χ0v) is 10.6. The quantitative estimate of drug-likeness (QED) is 0.767. The molecule has 0 saturated heterocycles. The summed E-state index contributed by atoms with van der Waals surface area (Å²) >= 11 is 0. The fraction of sp³-hybridized carbons (Fsp3) is 0.692. The molecule has 0 unspecified atom stereocenters. The van der Waals surface area contributed by atoms with E-state index in [0.717, 1.165) is 5.76 Å². The lowest BCUT2D eigenvalue weighted by atomic mass is 9.88. The van der Waals surface area contributed by atoms with E-state index in [4.69, 9.17) is 4.42 Å². The highest BCUT2D eigenvalue weighted by molar-refractivity contribution is 5.16. The van der Waals surface area contributed by atoms with Crippen LogP contribution >= 0.6 is 0 Å². The number of aliphatic hydroxyl groups excluding tert-OH is 1. The first-order chi connectivity index (χ1) is 6.62. The summed E-state index contributed by atoms with van der Waals surface area (Å²) in [6, 6.07) is 3.82. The van der Waals surface area contributed by atoms with Gasteiger partial charge in [0.15, 0.2) is 0 Å². The Hall–Kier alpha value is -0.760. The standard InChI is InChI=1S/C13H22O2/c1-12(2,3)10-8-7-9(15-10)11(14)13(4,5)6/h7-8,11,14H,1-6H3/t11-/m0/s1. The molecule has 15 heavy (non-hydrogen) atoms. The molecule has 0 saturated carbocycles. The van der Waals surface area contributed by atoms with Gasteiger partial charge in [0, 0.05) is 5.41 Å². The van der Waals surface area contributed by atoms with Gasteiger partial charge in [-0.05, 0) is 17.5 Å². The van der Waals surface area contributed by atoms with Crippen LogP contribution in [0.4, 0.5) is 0 Å². The van der Waals surface area contributed by atoms with Crippen molar-refractivity contribution in [1.82, 2.24) is 0 Å². The molecule has 0 bridgehead atoms. The summed E-state index contributed by atoms with van der Waals surface area (Å²) < 4.78 is 5.69. The molecule has 0 radical (unpaired) electrons. The van der Waals surface area contributed by atoms with Crippen LogP contribution in [0.5, 0.6) is 0 Å². The zero-order valence-electron chi connectivity index (χ0n) is 10.6. The van der Waals surface area contributed by atoms with E-state index < -0.39 is 6.10 Å². The third-order valence-corrected chi connectivity index (χ3v) is 2.46. The van der Waals surface area contributed by atoms with Crippen molar-refractivity contribution in [3.8, 4) is 0 Å². The third-order valence-electron chi connectivity index (χ3n) is 2.46. The second-order valence-corrected chi connectivity index (χ2v) is 6.22. The molecular formula is C13H22O2.